The number of nitrogens with one attached hydrogen (secondary N) is 1. The van der Waals surface area contributed by atoms with Gasteiger partial charge in [0.2, 0.25) is 0 Å². The molecule has 84 valence electrons. The van der Waals surface area contributed by atoms with Crippen LogP contribution in [0.4, 0.5) is 0 Å². The van der Waals surface area contributed by atoms with E-state index >= 15 is 0 Å². The van der Waals surface area contributed by atoms with Gasteiger partial charge in [0, 0.05) is 25.1 Å². The average molecular weight is 247 g/mol. The van der Waals surface area contributed by atoms with Gasteiger partial charge < -0.3 is 10.1 Å². The molecule has 1 rings (SSSR count). The second-order valence-electron chi connectivity index (χ2n) is 3.07. The molecular weight excluding hydrogens is 232 g/mol. The van der Waals surface area contributed by atoms with Crippen molar-refractivity contribution < 1.29 is 4.74 Å². The van der Waals surface area contributed by atoms with Crippen LogP contribution in [-0.4, -0.2) is 37.5 Å². The van der Waals surface area contributed by atoms with Gasteiger partial charge in [-0.2, -0.15) is 0 Å². The topological polar surface area (TPSA) is 34.1 Å². The zero-order valence-electron chi connectivity index (χ0n) is 8.87. The molecule has 15 heavy (non-hydrogen) atoms. The summed E-state index contributed by atoms with van der Waals surface area (Å²) < 4.78 is 5.09. The molecule has 0 saturated carbocycles. The van der Waals surface area contributed by atoms with Crippen molar-refractivity contribution >= 4 is 23.4 Å². The Morgan fingerprint density at radius 3 is 2.93 bits per heavy atom. The first-order valence-corrected chi connectivity index (χ1v) is 6.03. The Kier molecular flexibility index (Phi) is 6.02. The normalized spacial score (nSPS) is 12.7. The Morgan fingerprint density at radius 1 is 1.60 bits per heavy atom. The number of rotatable bonds is 6. The summed E-state index contributed by atoms with van der Waals surface area (Å²) in [5.41, 5.74) is 0. The Balaban J connectivity index is 2.38. The fourth-order valence-corrected chi connectivity index (χ4v) is 2.09. The second kappa shape index (κ2) is 7.06. The van der Waals surface area contributed by atoms with E-state index in [1.165, 1.54) is 0 Å². The lowest BCUT2D eigenvalue weighted by Crippen LogP contribution is -2.32. The van der Waals surface area contributed by atoms with Crippen LogP contribution >= 0.6 is 23.4 Å². The van der Waals surface area contributed by atoms with E-state index in [0.29, 0.717) is 17.7 Å². The van der Waals surface area contributed by atoms with E-state index in [1.54, 1.807) is 25.1 Å². The molecule has 1 N–H and O–H groups in total. The minimum absolute atomic E-state index is 0.345. The SMILES string of the molecule is CNC(COC)CSc1ccc(Cl)cn1. The minimum atomic E-state index is 0.345. The van der Waals surface area contributed by atoms with E-state index in [4.69, 9.17) is 16.3 Å². The average Bonchev–Trinajstić information content (AvgIpc) is 2.26. The van der Waals surface area contributed by atoms with Crippen LogP contribution in [0.25, 0.3) is 0 Å². The molecule has 0 bridgehead atoms. The lowest BCUT2D eigenvalue weighted by Gasteiger charge is -2.13. The third kappa shape index (κ3) is 4.84. The van der Waals surface area contributed by atoms with E-state index in [1.807, 2.05) is 19.2 Å². The Bertz CT molecular complexity index is 281. The van der Waals surface area contributed by atoms with Gasteiger partial charge in [0.25, 0.3) is 0 Å². The summed E-state index contributed by atoms with van der Waals surface area (Å²) >= 11 is 7.44. The van der Waals surface area contributed by atoms with Gasteiger partial charge >= 0.3 is 0 Å². The Labute approximate surface area is 99.6 Å². The van der Waals surface area contributed by atoms with Crippen molar-refractivity contribution in [3.63, 3.8) is 0 Å². The van der Waals surface area contributed by atoms with Crippen LogP contribution in [0.2, 0.25) is 5.02 Å². The number of thioether (sulfide) groups is 1. The summed E-state index contributed by atoms with van der Waals surface area (Å²) in [6.45, 7) is 0.705. The molecule has 1 atom stereocenters. The minimum Gasteiger partial charge on any atom is -0.383 e. The van der Waals surface area contributed by atoms with E-state index in [0.717, 1.165) is 10.8 Å². The van der Waals surface area contributed by atoms with Crippen LogP contribution in [0.15, 0.2) is 23.4 Å². The van der Waals surface area contributed by atoms with Gasteiger partial charge in [-0.3, -0.25) is 0 Å². The second-order valence-corrected chi connectivity index (χ2v) is 4.54. The van der Waals surface area contributed by atoms with Gasteiger partial charge in [0.05, 0.1) is 16.7 Å². The maximum Gasteiger partial charge on any atom is 0.0961 e. The van der Waals surface area contributed by atoms with Crippen LogP contribution in [0.3, 0.4) is 0 Å². The van der Waals surface area contributed by atoms with Gasteiger partial charge in [-0.25, -0.2) is 4.98 Å². The number of hydrogen-bond donors (Lipinski definition) is 1. The maximum absolute atomic E-state index is 5.75. The molecule has 1 heterocycles. The van der Waals surface area contributed by atoms with E-state index in [9.17, 15) is 0 Å². The van der Waals surface area contributed by atoms with Crippen molar-refractivity contribution in [1.29, 1.82) is 0 Å². The molecule has 0 fully saturated rings. The summed E-state index contributed by atoms with van der Waals surface area (Å²) in [6, 6.07) is 4.12. The largest absolute Gasteiger partial charge is 0.383 e. The zero-order chi connectivity index (χ0) is 11.1. The summed E-state index contributed by atoms with van der Waals surface area (Å²) in [6.07, 6.45) is 1.66. The lowest BCUT2D eigenvalue weighted by molar-refractivity contribution is 0.177. The number of hydrogen-bond acceptors (Lipinski definition) is 4. The van der Waals surface area contributed by atoms with Gasteiger partial charge in [0.15, 0.2) is 0 Å². The number of methoxy groups -OCH3 is 1. The molecule has 0 aliphatic carbocycles. The lowest BCUT2D eigenvalue weighted by atomic mass is 10.4. The van der Waals surface area contributed by atoms with Crippen LogP contribution in [0.1, 0.15) is 0 Å². The van der Waals surface area contributed by atoms with Crippen LogP contribution in [0.5, 0.6) is 0 Å². The van der Waals surface area contributed by atoms with E-state index < -0.39 is 0 Å². The van der Waals surface area contributed by atoms with Crippen molar-refractivity contribution in [2.24, 2.45) is 0 Å². The highest BCUT2D eigenvalue weighted by Crippen LogP contribution is 2.17. The molecule has 0 saturated heterocycles. The van der Waals surface area contributed by atoms with Crippen LogP contribution < -0.4 is 5.32 Å². The Hall–Kier alpha value is -0.290. The molecular formula is C10H15ClN2OS. The molecule has 0 aliphatic heterocycles. The third-order valence-corrected chi connectivity index (χ3v) is 3.24. The maximum atomic E-state index is 5.75. The molecule has 0 spiro atoms. The number of aromatic nitrogens is 1. The fourth-order valence-electron chi connectivity index (χ4n) is 1.05. The van der Waals surface area contributed by atoms with Crippen molar-refractivity contribution in [3.05, 3.63) is 23.4 Å². The first-order valence-electron chi connectivity index (χ1n) is 4.67. The molecule has 1 aromatic rings. The zero-order valence-corrected chi connectivity index (χ0v) is 10.4. The summed E-state index contributed by atoms with van der Waals surface area (Å²) in [4.78, 5) is 4.21. The first-order chi connectivity index (χ1) is 7.26. The van der Waals surface area contributed by atoms with Crippen molar-refractivity contribution in [3.8, 4) is 0 Å². The quantitative estimate of drug-likeness (QED) is 0.780. The third-order valence-electron chi connectivity index (χ3n) is 1.91. The highest BCUT2D eigenvalue weighted by atomic mass is 35.5. The molecule has 1 aromatic heterocycles. The highest BCUT2D eigenvalue weighted by molar-refractivity contribution is 7.99. The monoisotopic (exact) mass is 246 g/mol. The number of halogens is 1. The number of likely N-dealkylation sites (N-methyl/N-ethyl adjacent to an activating group) is 1. The van der Waals surface area contributed by atoms with E-state index in [2.05, 4.69) is 10.3 Å². The van der Waals surface area contributed by atoms with Crippen molar-refractivity contribution in [2.45, 2.75) is 11.1 Å². The summed E-state index contributed by atoms with van der Waals surface area (Å²) in [7, 11) is 3.63. The molecule has 0 radical (unpaired) electrons. The van der Waals surface area contributed by atoms with Crippen molar-refractivity contribution in [1.82, 2.24) is 10.3 Å². The standard InChI is InChI=1S/C10H15ClN2OS/c1-12-9(6-14-2)7-15-10-4-3-8(11)5-13-10/h3-5,9,12H,6-7H2,1-2H3. The van der Waals surface area contributed by atoms with Crippen molar-refractivity contribution in [2.75, 3.05) is 26.5 Å². The van der Waals surface area contributed by atoms with Gasteiger partial charge in [-0.1, -0.05) is 11.6 Å². The molecule has 5 heteroatoms. The summed E-state index contributed by atoms with van der Waals surface area (Å²) in [5.74, 6) is 0.930. The van der Waals surface area contributed by atoms with E-state index in [-0.39, 0.29) is 0 Å². The number of pyridine rings is 1. The fraction of sp³-hybridized carbons (Fsp3) is 0.500. The Morgan fingerprint density at radius 2 is 2.40 bits per heavy atom. The van der Waals surface area contributed by atoms with Gasteiger partial charge in [-0.05, 0) is 19.2 Å². The molecule has 0 amide bonds. The summed E-state index contributed by atoms with van der Waals surface area (Å²) in [5, 5.41) is 4.84. The van der Waals surface area contributed by atoms with Gasteiger partial charge in [0.1, 0.15) is 0 Å². The van der Waals surface area contributed by atoms with Gasteiger partial charge in [-0.15, -0.1) is 11.8 Å². The number of ether oxygens (including phenoxy) is 1. The molecule has 1 unspecified atom stereocenters. The van der Waals surface area contributed by atoms with Crippen LogP contribution in [0, 0.1) is 0 Å². The van der Waals surface area contributed by atoms with Crippen LogP contribution in [-0.2, 0) is 4.74 Å². The highest BCUT2D eigenvalue weighted by Gasteiger charge is 2.06. The first kappa shape index (κ1) is 12.8. The predicted molar refractivity (Wildman–Crippen MR) is 64.7 cm³/mol. The smallest absolute Gasteiger partial charge is 0.0961 e. The molecule has 3 nitrogen and oxygen atoms in total. The number of nitrogens with zero attached hydrogens (tertiary/aromatic N) is 1. The molecule has 0 aromatic carbocycles. The predicted octanol–water partition coefficient (Wildman–Crippen LogP) is 2.06. The molecule has 0 aliphatic rings.